The largest absolute Gasteiger partial charge is 0.481 e. The zero-order valence-corrected chi connectivity index (χ0v) is 14.0. The number of nitrogens with one attached hydrogen (secondary N) is 1. The molecule has 0 saturated carbocycles. The molecule has 3 unspecified atom stereocenters. The molecule has 5 heteroatoms. The van der Waals surface area contributed by atoms with E-state index in [4.69, 9.17) is 4.74 Å². The van der Waals surface area contributed by atoms with E-state index in [1.54, 1.807) is 19.9 Å². The molecule has 0 heterocycles. The Morgan fingerprint density at radius 1 is 1.17 bits per heavy atom. The summed E-state index contributed by atoms with van der Waals surface area (Å²) in [6.45, 7) is 5.28. The van der Waals surface area contributed by atoms with E-state index in [1.165, 1.54) is 24.3 Å². The standard InChI is InChI=1S/C19H22FNO3/c1-12-5-4-6-17(11-12)24-14(3)19(23)21-13(2)18(22)15-7-9-16(20)10-8-15/h4-11,13-14,18,22H,1-3H3,(H,21,23). The highest BCUT2D eigenvalue weighted by Crippen LogP contribution is 2.18. The molecular weight excluding hydrogens is 309 g/mol. The van der Waals surface area contributed by atoms with Gasteiger partial charge in [-0.3, -0.25) is 4.79 Å². The van der Waals surface area contributed by atoms with E-state index in [1.807, 2.05) is 25.1 Å². The predicted octanol–water partition coefficient (Wildman–Crippen LogP) is 3.14. The molecular formula is C19H22FNO3. The fourth-order valence-corrected chi connectivity index (χ4v) is 2.32. The van der Waals surface area contributed by atoms with Crippen LogP contribution < -0.4 is 10.1 Å². The highest BCUT2D eigenvalue weighted by molar-refractivity contribution is 5.81. The van der Waals surface area contributed by atoms with Gasteiger partial charge < -0.3 is 15.2 Å². The van der Waals surface area contributed by atoms with Crippen molar-refractivity contribution in [1.82, 2.24) is 5.32 Å². The Balaban J connectivity index is 1.93. The number of carbonyl (C=O) groups excluding carboxylic acids is 1. The van der Waals surface area contributed by atoms with Crippen molar-refractivity contribution >= 4 is 5.91 Å². The Kier molecular flexibility index (Phi) is 5.93. The topological polar surface area (TPSA) is 58.6 Å². The molecule has 4 nitrogen and oxygen atoms in total. The second-order valence-electron chi connectivity index (χ2n) is 5.87. The number of benzene rings is 2. The third-order valence-electron chi connectivity index (χ3n) is 3.73. The molecule has 2 rings (SSSR count). The minimum atomic E-state index is -0.930. The number of halogens is 1. The van der Waals surface area contributed by atoms with Gasteiger partial charge in [-0.1, -0.05) is 24.3 Å². The van der Waals surface area contributed by atoms with E-state index in [-0.39, 0.29) is 11.7 Å². The summed E-state index contributed by atoms with van der Waals surface area (Å²) in [5.41, 5.74) is 1.58. The summed E-state index contributed by atoms with van der Waals surface area (Å²) < 4.78 is 18.6. The summed E-state index contributed by atoms with van der Waals surface area (Å²) >= 11 is 0. The van der Waals surface area contributed by atoms with Crippen LogP contribution in [0.15, 0.2) is 48.5 Å². The van der Waals surface area contributed by atoms with Crippen molar-refractivity contribution in [3.8, 4) is 5.75 Å². The first-order valence-corrected chi connectivity index (χ1v) is 7.84. The van der Waals surface area contributed by atoms with E-state index in [2.05, 4.69) is 5.32 Å². The lowest BCUT2D eigenvalue weighted by Crippen LogP contribution is -2.43. The molecule has 3 atom stereocenters. The van der Waals surface area contributed by atoms with Gasteiger partial charge in [-0.05, 0) is 56.2 Å². The van der Waals surface area contributed by atoms with Gasteiger partial charge in [-0.15, -0.1) is 0 Å². The molecule has 24 heavy (non-hydrogen) atoms. The maximum atomic E-state index is 12.9. The molecule has 0 saturated heterocycles. The number of aliphatic hydroxyl groups excluding tert-OH is 1. The number of aryl methyl sites for hydroxylation is 1. The lowest BCUT2D eigenvalue weighted by Gasteiger charge is -2.23. The monoisotopic (exact) mass is 331 g/mol. The number of ether oxygens (including phenoxy) is 1. The van der Waals surface area contributed by atoms with Gasteiger partial charge in [0.2, 0.25) is 0 Å². The highest BCUT2D eigenvalue weighted by atomic mass is 19.1. The number of amides is 1. The third-order valence-corrected chi connectivity index (χ3v) is 3.73. The number of aliphatic hydroxyl groups is 1. The van der Waals surface area contributed by atoms with Crippen LogP contribution in [0.1, 0.15) is 31.1 Å². The van der Waals surface area contributed by atoms with Gasteiger partial charge >= 0.3 is 0 Å². The van der Waals surface area contributed by atoms with Crippen molar-refractivity contribution in [3.05, 3.63) is 65.5 Å². The van der Waals surface area contributed by atoms with Crippen LogP contribution in [0.3, 0.4) is 0 Å². The van der Waals surface area contributed by atoms with Gasteiger partial charge in [0, 0.05) is 0 Å². The summed E-state index contributed by atoms with van der Waals surface area (Å²) in [6, 6.07) is 12.4. The fraction of sp³-hybridized carbons (Fsp3) is 0.316. The summed E-state index contributed by atoms with van der Waals surface area (Å²) in [6.07, 6.45) is -1.63. The third kappa shape index (κ3) is 4.80. The lowest BCUT2D eigenvalue weighted by molar-refractivity contribution is -0.128. The second kappa shape index (κ2) is 7.93. The van der Waals surface area contributed by atoms with Crippen LogP contribution in [-0.4, -0.2) is 23.2 Å². The first kappa shape index (κ1) is 17.9. The van der Waals surface area contributed by atoms with E-state index in [0.717, 1.165) is 5.56 Å². The smallest absolute Gasteiger partial charge is 0.261 e. The van der Waals surface area contributed by atoms with Gasteiger partial charge in [0.05, 0.1) is 12.1 Å². The molecule has 0 aliphatic carbocycles. The molecule has 2 aromatic carbocycles. The molecule has 0 aromatic heterocycles. The van der Waals surface area contributed by atoms with E-state index >= 15 is 0 Å². The van der Waals surface area contributed by atoms with Crippen LogP contribution in [0.4, 0.5) is 4.39 Å². The first-order valence-electron chi connectivity index (χ1n) is 7.84. The molecule has 0 aliphatic rings. The highest BCUT2D eigenvalue weighted by Gasteiger charge is 2.22. The number of hydrogen-bond acceptors (Lipinski definition) is 3. The van der Waals surface area contributed by atoms with Crippen molar-refractivity contribution in [2.75, 3.05) is 0 Å². The van der Waals surface area contributed by atoms with Crippen molar-refractivity contribution in [2.24, 2.45) is 0 Å². The predicted molar refractivity (Wildman–Crippen MR) is 90.2 cm³/mol. The number of rotatable bonds is 6. The van der Waals surface area contributed by atoms with Crippen LogP contribution in [0.2, 0.25) is 0 Å². The van der Waals surface area contributed by atoms with Crippen molar-refractivity contribution in [2.45, 2.75) is 39.0 Å². The van der Waals surface area contributed by atoms with Crippen LogP contribution in [0.5, 0.6) is 5.75 Å². The second-order valence-corrected chi connectivity index (χ2v) is 5.87. The van der Waals surface area contributed by atoms with Crippen molar-refractivity contribution < 1.29 is 19.0 Å². The van der Waals surface area contributed by atoms with Crippen LogP contribution in [-0.2, 0) is 4.79 Å². The van der Waals surface area contributed by atoms with E-state index in [0.29, 0.717) is 11.3 Å². The molecule has 0 fully saturated rings. The first-order chi connectivity index (χ1) is 11.4. The summed E-state index contributed by atoms with van der Waals surface area (Å²) in [5.74, 6) is -0.0858. The van der Waals surface area contributed by atoms with Gasteiger partial charge in [-0.25, -0.2) is 4.39 Å². The van der Waals surface area contributed by atoms with Crippen LogP contribution in [0, 0.1) is 12.7 Å². The van der Waals surface area contributed by atoms with Crippen molar-refractivity contribution in [3.63, 3.8) is 0 Å². The van der Waals surface area contributed by atoms with Crippen LogP contribution >= 0.6 is 0 Å². The van der Waals surface area contributed by atoms with E-state index < -0.39 is 18.2 Å². The molecule has 0 bridgehead atoms. The lowest BCUT2D eigenvalue weighted by atomic mass is 10.0. The average molecular weight is 331 g/mol. The van der Waals surface area contributed by atoms with E-state index in [9.17, 15) is 14.3 Å². The maximum absolute atomic E-state index is 12.9. The number of carbonyl (C=O) groups is 1. The maximum Gasteiger partial charge on any atom is 0.261 e. The molecule has 128 valence electrons. The molecule has 2 N–H and O–H groups in total. The Morgan fingerprint density at radius 2 is 1.83 bits per heavy atom. The average Bonchev–Trinajstić information content (AvgIpc) is 2.54. The minimum Gasteiger partial charge on any atom is -0.481 e. The fourth-order valence-electron chi connectivity index (χ4n) is 2.32. The molecule has 0 aliphatic heterocycles. The zero-order chi connectivity index (χ0) is 17.7. The molecule has 0 radical (unpaired) electrons. The van der Waals surface area contributed by atoms with Crippen LogP contribution in [0.25, 0.3) is 0 Å². The Morgan fingerprint density at radius 3 is 2.46 bits per heavy atom. The van der Waals surface area contributed by atoms with Crippen molar-refractivity contribution in [1.29, 1.82) is 0 Å². The zero-order valence-electron chi connectivity index (χ0n) is 14.0. The van der Waals surface area contributed by atoms with Gasteiger partial charge in [0.1, 0.15) is 11.6 Å². The van der Waals surface area contributed by atoms with Gasteiger partial charge in [0.15, 0.2) is 6.10 Å². The molecule has 1 amide bonds. The Hall–Kier alpha value is -2.40. The normalized spacial score (nSPS) is 14.5. The molecule has 0 spiro atoms. The summed E-state index contributed by atoms with van der Waals surface area (Å²) in [7, 11) is 0. The SMILES string of the molecule is Cc1cccc(OC(C)C(=O)NC(C)C(O)c2ccc(F)cc2)c1. The van der Waals surface area contributed by atoms with Gasteiger partial charge in [0.25, 0.3) is 5.91 Å². The van der Waals surface area contributed by atoms with Gasteiger partial charge in [-0.2, -0.15) is 0 Å². The summed E-state index contributed by atoms with van der Waals surface area (Å²) in [5, 5.41) is 13.0. The minimum absolute atomic E-state index is 0.329. The quantitative estimate of drug-likeness (QED) is 0.855. The Bertz CT molecular complexity index is 687. The summed E-state index contributed by atoms with van der Waals surface area (Å²) in [4.78, 5) is 12.2. The Labute approximate surface area is 141 Å². The number of hydrogen-bond donors (Lipinski definition) is 2. The molecule has 2 aromatic rings.